The molecule has 0 saturated heterocycles. The molecule has 2 aliphatic heterocycles. The van der Waals surface area contributed by atoms with E-state index in [-0.39, 0.29) is 30.7 Å². The molecule has 3 unspecified atom stereocenters. The van der Waals surface area contributed by atoms with Crippen molar-refractivity contribution in [3.05, 3.63) is 41.6 Å². The van der Waals surface area contributed by atoms with Gasteiger partial charge in [-0.3, -0.25) is 4.79 Å². The van der Waals surface area contributed by atoms with Gasteiger partial charge in [0, 0.05) is 5.56 Å². The van der Waals surface area contributed by atoms with Crippen LogP contribution in [0.2, 0.25) is 0 Å². The molecule has 6 rings (SSSR count). The van der Waals surface area contributed by atoms with E-state index in [1.165, 1.54) is 12.3 Å². The highest BCUT2D eigenvalue weighted by molar-refractivity contribution is 5.99. The molecule has 3 aromatic rings. The van der Waals surface area contributed by atoms with Gasteiger partial charge in [-0.1, -0.05) is 0 Å². The summed E-state index contributed by atoms with van der Waals surface area (Å²) in [6.45, 7) is 2.47. The van der Waals surface area contributed by atoms with Crippen LogP contribution in [0.15, 0.2) is 24.7 Å². The Kier molecular flexibility index (Phi) is 4.02. The number of carbonyl (C=O) groups excluding carboxylic acids is 1. The summed E-state index contributed by atoms with van der Waals surface area (Å²) in [5.74, 6) is 0.861. The molecule has 1 N–H and O–H groups in total. The molecular formula is C21H21FN6O3. The van der Waals surface area contributed by atoms with Gasteiger partial charge in [0.05, 0.1) is 37.7 Å². The van der Waals surface area contributed by atoms with Crippen LogP contribution in [0.3, 0.4) is 0 Å². The number of nitrogens with one attached hydrogen (secondary N) is 1. The van der Waals surface area contributed by atoms with Gasteiger partial charge in [-0.2, -0.15) is 5.10 Å². The molecule has 1 saturated carbocycles. The third-order valence-electron chi connectivity index (χ3n) is 6.15. The van der Waals surface area contributed by atoms with Crippen molar-refractivity contribution in [3.63, 3.8) is 0 Å². The minimum atomic E-state index is -0.425. The molecule has 1 amide bonds. The maximum Gasteiger partial charge on any atom is 0.256 e. The van der Waals surface area contributed by atoms with Gasteiger partial charge in [0.15, 0.2) is 17.2 Å². The van der Waals surface area contributed by atoms with Crippen LogP contribution in [-0.2, 0) is 6.54 Å². The molecule has 0 radical (unpaired) electrons. The third kappa shape index (κ3) is 2.96. The number of carbonyl (C=O) groups is 1. The molecular weight excluding hydrogens is 403 g/mol. The molecule has 5 heterocycles. The minimum Gasteiger partial charge on any atom is -0.483 e. The van der Waals surface area contributed by atoms with Crippen LogP contribution in [0, 0.1) is 5.82 Å². The van der Waals surface area contributed by atoms with Gasteiger partial charge in [-0.25, -0.2) is 18.9 Å². The van der Waals surface area contributed by atoms with Crippen molar-refractivity contribution in [1.29, 1.82) is 0 Å². The van der Waals surface area contributed by atoms with Crippen molar-refractivity contribution < 1.29 is 18.7 Å². The fraction of sp³-hybridized carbons (Fsp3) is 0.429. The summed E-state index contributed by atoms with van der Waals surface area (Å²) in [6.07, 6.45) is 6.99. The number of pyridine rings is 1. The maximum absolute atomic E-state index is 14.1. The highest BCUT2D eigenvalue weighted by atomic mass is 19.1. The van der Waals surface area contributed by atoms with Crippen LogP contribution in [-0.4, -0.2) is 50.3 Å². The Labute approximate surface area is 177 Å². The Hall–Kier alpha value is -3.43. The summed E-state index contributed by atoms with van der Waals surface area (Å²) in [5.41, 5.74) is 1.46. The van der Waals surface area contributed by atoms with Gasteiger partial charge in [0.1, 0.15) is 23.6 Å². The number of anilines is 1. The average Bonchev–Trinajstić information content (AvgIpc) is 3.38. The van der Waals surface area contributed by atoms with E-state index in [1.807, 2.05) is 6.92 Å². The topological polar surface area (TPSA) is 93.9 Å². The minimum absolute atomic E-state index is 0.0191. The Morgan fingerprint density at radius 2 is 2.16 bits per heavy atom. The lowest BCUT2D eigenvalue weighted by atomic mass is 10.1. The van der Waals surface area contributed by atoms with Gasteiger partial charge in [-0.15, -0.1) is 0 Å². The number of ether oxygens (including phenoxy) is 2. The predicted octanol–water partition coefficient (Wildman–Crippen LogP) is 2.09. The number of rotatable bonds is 0. The summed E-state index contributed by atoms with van der Waals surface area (Å²) >= 11 is 0. The molecule has 3 aliphatic rings. The summed E-state index contributed by atoms with van der Waals surface area (Å²) in [6, 6.07) is 1.55. The van der Waals surface area contributed by atoms with Gasteiger partial charge in [-0.05, 0) is 32.3 Å². The summed E-state index contributed by atoms with van der Waals surface area (Å²) in [7, 11) is 0. The summed E-state index contributed by atoms with van der Waals surface area (Å²) < 4.78 is 27.9. The zero-order chi connectivity index (χ0) is 21.1. The molecule has 3 aromatic heterocycles. The van der Waals surface area contributed by atoms with E-state index in [1.54, 1.807) is 10.7 Å². The maximum atomic E-state index is 14.1. The van der Waals surface area contributed by atoms with E-state index in [0.29, 0.717) is 40.8 Å². The first kappa shape index (κ1) is 18.3. The molecule has 10 heteroatoms. The molecule has 1 fully saturated rings. The summed E-state index contributed by atoms with van der Waals surface area (Å²) in [4.78, 5) is 23.9. The third-order valence-corrected chi connectivity index (χ3v) is 6.15. The van der Waals surface area contributed by atoms with E-state index in [4.69, 9.17) is 14.5 Å². The molecule has 1 aliphatic carbocycles. The molecule has 31 heavy (non-hydrogen) atoms. The van der Waals surface area contributed by atoms with Crippen molar-refractivity contribution in [3.8, 4) is 11.6 Å². The second-order valence-corrected chi connectivity index (χ2v) is 8.29. The lowest BCUT2D eigenvalue weighted by Crippen LogP contribution is -2.47. The van der Waals surface area contributed by atoms with Crippen LogP contribution in [0.25, 0.3) is 5.65 Å². The summed E-state index contributed by atoms with van der Waals surface area (Å²) in [5, 5.41) is 7.15. The fourth-order valence-corrected chi connectivity index (χ4v) is 4.68. The van der Waals surface area contributed by atoms with E-state index in [0.717, 1.165) is 25.5 Å². The number of nitrogens with zero attached hydrogens (tertiary/aromatic N) is 5. The van der Waals surface area contributed by atoms with E-state index < -0.39 is 5.82 Å². The SMILES string of the molecule is CC1CNC(=O)c2cnn3cc4c(nc23)N(Cc2cc(F)cnc2O1)C1CCCC1O4. The molecule has 160 valence electrons. The number of fused-ring (bicyclic) bond motifs is 3. The van der Waals surface area contributed by atoms with E-state index in [9.17, 15) is 9.18 Å². The Morgan fingerprint density at radius 1 is 1.26 bits per heavy atom. The predicted molar refractivity (Wildman–Crippen MR) is 108 cm³/mol. The number of hydrogen-bond acceptors (Lipinski definition) is 7. The number of aromatic nitrogens is 4. The monoisotopic (exact) mass is 424 g/mol. The van der Waals surface area contributed by atoms with Gasteiger partial charge < -0.3 is 19.7 Å². The largest absolute Gasteiger partial charge is 0.483 e. The van der Waals surface area contributed by atoms with Crippen LogP contribution >= 0.6 is 0 Å². The molecule has 9 nitrogen and oxygen atoms in total. The highest BCUT2D eigenvalue weighted by Gasteiger charge is 2.41. The van der Waals surface area contributed by atoms with Gasteiger partial charge in [0.25, 0.3) is 5.91 Å². The van der Waals surface area contributed by atoms with Crippen LogP contribution in [0.4, 0.5) is 10.2 Å². The average molecular weight is 424 g/mol. The lowest BCUT2D eigenvalue weighted by molar-refractivity contribution is 0.0932. The van der Waals surface area contributed by atoms with Crippen LogP contribution in [0.1, 0.15) is 42.1 Å². The molecule has 3 atom stereocenters. The van der Waals surface area contributed by atoms with Crippen molar-refractivity contribution in [2.24, 2.45) is 0 Å². The first-order valence-electron chi connectivity index (χ1n) is 10.5. The quantitative estimate of drug-likeness (QED) is 0.591. The Bertz CT molecular complexity index is 1200. The van der Waals surface area contributed by atoms with Crippen molar-refractivity contribution in [1.82, 2.24) is 24.9 Å². The number of hydrogen-bond donors (Lipinski definition) is 1. The second kappa shape index (κ2) is 6.79. The van der Waals surface area contributed by atoms with Gasteiger partial charge in [0.2, 0.25) is 5.88 Å². The smallest absolute Gasteiger partial charge is 0.256 e. The molecule has 0 aromatic carbocycles. The second-order valence-electron chi connectivity index (χ2n) is 8.29. The van der Waals surface area contributed by atoms with Crippen LogP contribution in [0.5, 0.6) is 11.6 Å². The van der Waals surface area contributed by atoms with Crippen LogP contribution < -0.4 is 19.7 Å². The molecule has 2 bridgehead atoms. The van der Waals surface area contributed by atoms with Gasteiger partial charge >= 0.3 is 0 Å². The van der Waals surface area contributed by atoms with Crippen molar-refractivity contribution in [2.45, 2.75) is 51.0 Å². The van der Waals surface area contributed by atoms with Crippen molar-refractivity contribution >= 4 is 17.4 Å². The zero-order valence-corrected chi connectivity index (χ0v) is 16.9. The fourth-order valence-electron chi connectivity index (χ4n) is 4.68. The van der Waals surface area contributed by atoms with E-state index in [2.05, 4.69) is 20.3 Å². The Balaban J connectivity index is 1.56. The number of halogens is 1. The first-order chi connectivity index (χ1) is 15.1. The lowest BCUT2D eigenvalue weighted by Gasteiger charge is -2.39. The highest BCUT2D eigenvalue weighted by Crippen LogP contribution is 2.42. The Morgan fingerprint density at radius 3 is 3.06 bits per heavy atom. The standard InChI is InChI=1S/C21H21FN6O3/c1-11-6-23-20(29)14-8-25-28-10-17-19(26-18(14)28)27(15-3-2-4-16(15)31-17)9-12-5-13(22)7-24-21(12)30-11/h5,7-8,10-11,15-16H,2-4,6,9H2,1H3,(H,23,29). The zero-order valence-electron chi connectivity index (χ0n) is 16.9. The molecule has 0 spiro atoms. The van der Waals surface area contributed by atoms with E-state index >= 15 is 0 Å². The van der Waals surface area contributed by atoms with Crippen molar-refractivity contribution in [2.75, 3.05) is 11.4 Å². The number of amides is 1. The normalized spacial score (nSPS) is 24.9. The first-order valence-corrected chi connectivity index (χ1v) is 10.5.